The number of amides is 2. The average molecular weight is 400 g/mol. The van der Waals surface area contributed by atoms with Crippen LogP contribution >= 0.6 is 34.8 Å². The molecule has 2 amide bonds. The quantitative estimate of drug-likeness (QED) is 0.594. The molecule has 2 N–H and O–H groups in total. The Morgan fingerprint density at radius 2 is 2.12 bits per heavy atom. The summed E-state index contributed by atoms with van der Waals surface area (Å²) in [6.07, 6.45) is -4.30. The second-order valence-corrected chi connectivity index (χ2v) is 6.83. The summed E-state index contributed by atoms with van der Waals surface area (Å²) in [5.41, 5.74) is 0.165. The van der Waals surface area contributed by atoms with Crippen molar-refractivity contribution in [1.29, 1.82) is 0 Å². The van der Waals surface area contributed by atoms with Gasteiger partial charge in [0.2, 0.25) is 10.0 Å². The van der Waals surface area contributed by atoms with Gasteiger partial charge in [0.05, 0.1) is 6.61 Å². The van der Waals surface area contributed by atoms with Gasteiger partial charge in [-0.2, -0.15) is 5.06 Å². The van der Waals surface area contributed by atoms with E-state index >= 15 is 0 Å². The number of ether oxygens (including phenoxy) is 2. The number of nitrogens with one attached hydrogen (secondary N) is 1. The van der Waals surface area contributed by atoms with Crippen molar-refractivity contribution in [2.24, 2.45) is 0 Å². The Balaban J connectivity index is 2.27. The average Bonchev–Trinajstić information content (AvgIpc) is 2.50. The topological polar surface area (TPSA) is 97.3 Å². The molecule has 1 aromatic carbocycles. The van der Waals surface area contributed by atoms with E-state index in [2.05, 4.69) is 5.32 Å². The van der Waals surface area contributed by atoms with E-state index in [1.54, 1.807) is 19.1 Å². The highest BCUT2D eigenvalue weighted by atomic mass is 35.6. The van der Waals surface area contributed by atoms with Crippen LogP contribution in [0, 0.1) is 0 Å². The molecule has 2 atom stereocenters. The number of fused-ring (bicyclic) bond motifs is 1. The van der Waals surface area contributed by atoms with Gasteiger partial charge in [0.15, 0.2) is 0 Å². The molecular formula is C13H13Cl3N2O6. The predicted octanol–water partition coefficient (Wildman–Crippen LogP) is 2.10. The smallest absolute Gasteiger partial charge is 0.409 e. The van der Waals surface area contributed by atoms with Crippen LogP contribution in [0.25, 0.3) is 0 Å². The third-order valence-electron chi connectivity index (χ3n) is 2.77. The lowest BCUT2D eigenvalue weighted by atomic mass is 10.2. The number of rotatable bonds is 4. The molecule has 0 bridgehead atoms. The first-order chi connectivity index (χ1) is 11.2. The molecule has 0 radical (unpaired) electrons. The summed E-state index contributed by atoms with van der Waals surface area (Å²) in [4.78, 5) is 29.0. The number of carbonyl (C=O) groups excluding carboxylic acids is 2. The standard InChI is InChI=1S/C13H13Cl3N2O6/c1-2-22-12(21)17-11(13(14,15)16)24-18-7-5-3-4-6-8(7)23-10(20)9(18)19/h3-6,10-11,20H,2H2,1H3,(H,17,21). The molecule has 2 unspecified atom stereocenters. The van der Waals surface area contributed by atoms with E-state index in [0.29, 0.717) is 5.06 Å². The number of carbonyl (C=O) groups is 2. The molecule has 0 aliphatic carbocycles. The van der Waals surface area contributed by atoms with Crippen LogP contribution in [0.1, 0.15) is 6.92 Å². The number of aliphatic hydroxyl groups excluding tert-OH is 1. The summed E-state index contributed by atoms with van der Waals surface area (Å²) in [7, 11) is 0. The first kappa shape index (κ1) is 18.9. The largest absolute Gasteiger partial charge is 0.453 e. The minimum absolute atomic E-state index is 0.0798. The number of para-hydroxylation sites is 2. The molecule has 8 nitrogen and oxygen atoms in total. The van der Waals surface area contributed by atoms with Crippen LogP contribution in [0.4, 0.5) is 10.5 Å². The second-order valence-electron chi connectivity index (χ2n) is 4.46. The zero-order valence-corrected chi connectivity index (χ0v) is 14.5. The SMILES string of the molecule is CCOC(=O)NC(ON1C(=O)C(O)Oc2ccccc21)C(Cl)(Cl)Cl. The summed E-state index contributed by atoms with van der Waals surface area (Å²) in [6, 6.07) is 6.22. The molecule has 1 heterocycles. The molecule has 1 aliphatic rings. The van der Waals surface area contributed by atoms with Crippen LogP contribution in [-0.4, -0.2) is 40.0 Å². The van der Waals surface area contributed by atoms with Crippen LogP contribution in [0.5, 0.6) is 5.75 Å². The highest BCUT2D eigenvalue weighted by Gasteiger charge is 2.42. The Bertz CT molecular complexity index is 624. The Kier molecular flexibility index (Phi) is 6.00. The zero-order chi connectivity index (χ0) is 17.9. The number of aliphatic hydroxyl groups is 1. The predicted molar refractivity (Wildman–Crippen MR) is 85.9 cm³/mol. The van der Waals surface area contributed by atoms with Crippen molar-refractivity contribution in [3.8, 4) is 5.75 Å². The lowest BCUT2D eigenvalue weighted by molar-refractivity contribution is -0.154. The fourth-order valence-electron chi connectivity index (χ4n) is 1.78. The summed E-state index contributed by atoms with van der Waals surface area (Å²) in [5.74, 6) is -0.789. The fraction of sp³-hybridized carbons (Fsp3) is 0.385. The van der Waals surface area contributed by atoms with E-state index in [1.165, 1.54) is 12.1 Å². The van der Waals surface area contributed by atoms with Gasteiger partial charge in [-0.3, -0.25) is 10.1 Å². The Morgan fingerprint density at radius 1 is 1.46 bits per heavy atom. The van der Waals surface area contributed by atoms with E-state index in [1.807, 2.05) is 0 Å². The van der Waals surface area contributed by atoms with Crippen LogP contribution < -0.4 is 15.1 Å². The number of nitrogens with zero attached hydrogens (tertiary/aromatic N) is 1. The normalized spacial score (nSPS) is 18.5. The van der Waals surface area contributed by atoms with E-state index < -0.39 is 28.3 Å². The second kappa shape index (κ2) is 7.62. The van der Waals surface area contributed by atoms with Gasteiger partial charge in [-0.05, 0) is 19.1 Å². The van der Waals surface area contributed by atoms with Gasteiger partial charge in [-0.1, -0.05) is 46.9 Å². The number of hydrogen-bond acceptors (Lipinski definition) is 6. The highest BCUT2D eigenvalue weighted by Crippen LogP contribution is 2.37. The number of hydroxylamine groups is 1. The van der Waals surface area contributed by atoms with Crippen LogP contribution in [-0.2, 0) is 14.4 Å². The van der Waals surface area contributed by atoms with Crippen molar-refractivity contribution in [2.45, 2.75) is 23.2 Å². The molecule has 11 heteroatoms. The summed E-state index contributed by atoms with van der Waals surface area (Å²) >= 11 is 17.3. The van der Waals surface area contributed by atoms with Crippen LogP contribution in [0.15, 0.2) is 24.3 Å². The molecule has 2 rings (SSSR count). The summed E-state index contributed by atoms with van der Waals surface area (Å²) in [6.45, 7) is 1.67. The lowest BCUT2D eigenvalue weighted by Gasteiger charge is -2.35. The number of anilines is 1. The number of benzene rings is 1. The number of alkyl halides is 3. The maximum atomic E-state index is 12.1. The zero-order valence-electron chi connectivity index (χ0n) is 12.2. The van der Waals surface area contributed by atoms with Crippen LogP contribution in [0.2, 0.25) is 0 Å². The molecule has 0 fully saturated rings. The summed E-state index contributed by atoms with van der Waals surface area (Å²) in [5, 5.41) is 12.5. The van der Waals surface area contributed by atoms with Crippen molar-refractivity contribution in [3.05, 3.63) is 24.3 Å². The van der Waals surface area contributed by atoms with Crippen molar-refractivity contribution < 1.29 is 29.0 Å². The first-order valence-corrected chi connectivity index (χ1v) is 7.82. The Morgan fingerprint density at radius 3 is 2.75 bits per heavy atom. The van der Waals surface area contributed by atoms with Gasteiger partial charge in [0, 0.05) is 0 Å². The van der Waals surface area contributed by atoms with E-state index in [-0.39, 0.29) is 18.0 Å². The van der Waals surface area contributed by atoms with Crippen molar-refractivity contribution >= 4 is 52.5 Å². The van der Waals surface area contributed by atoms with Gasteiger partial charge < -0.3 is 14.6 Å². The van der Waals surface area contributed by atoms with Crippen LogP contribution in [0.3, 0.4) is 0 Å². The molecule has 24 heavy (non-hydrogen) atoms. The maximum absolute atomic E-state index is 12.1. The molecule has 0 saturated heterocycles. The fourth-order valence-corrected chi connectivity index (χ4v) is 2.06. The van der Waals surface area contributed by atoms with E-state index in [0.717, 1.165) is 0 Å². The van der Waals surface area contributed by atoms with Gasteiger partial charge in [-0.25, -0.2) is 9.63 Å². The lowest BCUT2D eigenvalue weighted by Crippen LogP contribution is -2.54. The van der Waals surface area contributed by atoms with Crippen molar-refractivity contribution in [3.63, 3.8) is 0 Å². The number of hydrogen-bond donors (Lipinski definition) is 2. The first-order valence-electron chi connectivity index (χ1n) is 6.68. The maximum Gasteiger partial charge on any atom is 0.409 e. The minimum Gasteiger partial charge on any atom is -0.453 e. The minimum atomic E-state index is -2.13. The van der Waals surface area contributed by atoms with Gasteiger partial charge in [-0.15, -0.1) is 0 Å². The number of alkyl carbamates (subject to hydrolysis) is 1. The highest BCUT2D eigenvalue weighted by molar-refractivity contribution is 6.68. The number of halogens is 3. The third kappa shape index (κ3) is 4.34. The molecule has 0 aromatic heterocycles. The van der Waals surface area contributed by atoms with Gasteiger partial charge in [0.25, 0.3) is 6.29 Å². The monoisotopic (exact) mass is 398 g/mol. The van der Waals surface area contributed by atoms with E-state index in [4.69, 9.17) is 49.1 Å². The Hall–Kier alpha value is -1.45. The molecular weight excluding hydrogens is 387 g/mol. The van der Waals surface area contributed by atoms with Gasteiger partial charge in [0.1, 0.15) is 11.4 Å². The van der Waals surface area contributed by atoms with Crippen molar-refractivity contribution in [1.82, 2.24) is 5.32 Å². The summed E-state index contributed by atoms with van der Waals surface area (Å²) < 4.78 is 7.59. The van der Waals surface area contributed by atoms with Crippen molar-refractivity contribution in [2.75, 3.05) is 11.7 Å². The molecule has 132 valence electrons. The molecule has 1 aromatic rings. The third-order valence-corrected chi connectivity index (χ3v) is 3.36. The molecule has 1 aliphatic heterocycles. The Labute approximate surface area is 152 Å². The molecule has 0 spiro atoms. The van der Waals surface area contributed by atoms with Gasteiger partial charge >= 0.3 is 12.0 Å². The molecule has 0 saturated carbocycles. The van der Waals surface area contributed by atoms with E-state index in [9.17, 15) is 14.7 Å².